The first-order valence-corrected chi connectivity index (χ1v) is 28.8. The highest BCUT2D eigenvalue weighted by atomic mass is 16.6. The molecule has 0 aliphatic rings. The number of rotatable bonds is 53. The molecule has 6 nitrogen and oxygen atoms in total. The third-order valence-electron chi connectivity index (χ3n) is 13.0. The summed E-state index contributed by atoms with van der Waals surface area (Å²) in [7, 11) is 0. The fourth-order valence-corrected chi connectivity index (χ4v) is 8.59. The molecule has 0 fully saturated rings. The van der Waals surface area contributed by atoms with Crippen LogP contribution in [0.15, 0.2) is 24.3 Å². The predicted molar refractivity (Wildman–Crippen MR) is 279 cm³/mol. The Morgan fingerprint density at radius 2 is 0.554 bits per heavy atom. The highest BCUT2D eigenvalue weighted by Crippen LogP contribution is 2.17. The monoisotopic (exact) mass is 915 g/mol. The first kappa shape index (κ1) is 62.9. The Hall–Kier alpha value is -2.11. The molecule has 0 bridgehead atoms. The number of carbonyl (C=O) groups excluding carboxylic acids is 3. The van der Waals surface area contributed by atoms with Crippen LogP contribution in [0.2, 0.25) is 0 Å². The van der Waals surface area contributed by atoms with E-state index in [4.69, 9.17) is 14.2 Å². The Morgan fingerprint density at radius 1 is 0.308 bits per heavy atom. The van der Waals surface area contributed by atoms with Crippen molar-refractivity contribution in [2.45, 2.75) is 322 Å². The molecule has 0 radical (unpaired) electrons. The molecule has 0 aliphatic carbocycles. The van der Waals surface area contributed by atoms with Crippen molar-refractivity contribution < 1.29 is 28.6 Å². The lowest BCUT2D eigenvalue weighted by Crippen LogP contribution is -2.30. The number of hydrogen-bond donors (Lipinski definition) is 0. The topological polar surface area (TPSA) is 78.9 Å². The normalized spacial score (nSPS) is 12.1. The molecule has 6 heteroatoms. The quantitative estimate of drug-likeness (QED) is 0.0262. The molecule has 0 rings (SSSR count). The average Bonchev–Trinajstić information content (AvgIpc) is 3.30. The summed E-state index contributed by atoms with van der Waals surface area (Å²) in [6.07, 6.45) is 63.3. The average molecular weight is 916 g/mol. The van der Waals surface area contributed by atoms with Gasteiger partial charge in [-0.1, -0.05) is 270 Å². The van der Waals surface area contributed by atoms with Gasteiger partial charge in [0.05, 0.1) is 0 Å². The maximum absolute atomic E-state index is 12.8. The Kier molecular flexibility index (Phi) is 52.7. The summed E-state index contributed by atoms with van der Waals surface area (Å²) in [5.74, 6) is -0.854. The summed E-state index contributed by atoms with van der Waals surface area (Å²) in [4.78, 5) is 38.0. The Balaban J connectivity index is 4.17. The summed E-state index contributed by atoms with van der Waals surface area (Å²) >= 11 is 0. The number of allylic oxidation sites excluding steroid dienone is 4. The molecule has 0 aliphatic heterocycles. The standard InChI is InChI=1S/C59H110O6/c1-4-7-10-13-16-19-21-23-25-27-28-29-30-31-32-33-35-36-38-40-43-46-49-52-58(61)64-55-56(54-63-57(60)51-48-45-42-18-15-12-9-6-3)65-59(62)53-50-47-44-41-39-37-34-26-24-22-20-17-14-11-8-5-2/h21,23,27-28,56H,4-20,22,24-26,29-55H2,1-3H3/b23-21-,28-27-. The van der Waals surface area contributed by atoms with Gasteiger partial charge in [-0.25, -0.2) is 0 Å². The van der Waals surface area contributed by atoms with E-state index in [-0.39, 0.29) is 31.1 Å². The molecule has 1 atom stereocenters. The molecule has 0 N–H and O–H groups in total. The number of esters is 3. The first-order valence-electron chi connectivity index (χ1n) is 28.8. The van der Waals surface area contributed by atoms with E-state index in [0.717, 1.165) is 64.2 Å². The van der Waals surface area contributed by atoms with Gasteiger partial charge in [-0.2, -0.15) is 0 Å². The highest BCUT2D eigenvalue weighted by molar-refractivity contribution is 5.71. The second kappa shape index (κ2) is 54.5. The van der Waals surface area contributed by atoms with Gasteiger partial charge in [0.2, 0.25) is 0 Å². The van der Waals surface area contributed by atoms with Crippen molar-refractivity contribution in [1.82, 2.24) is 0 Å². The minimum absolute atomic E-state index is 0.0668. The van der Waals surface area contributed by atoms with Crippen molar-refractivity contribution >= 4 is 17.9 Å². The SMILES string of the molecule is CCCCCCC/C=C\C/C=C\CCCCCCCCCCCCCC(=O)OCC(COC(=O)CCCCCCCCCC)OC(=O)CCCCCCCCCCCCCCCCCC. The minimum Gasteiger partial charge on any atom is -0.462 e. The lowest BCUT2D eigenvalue weighted by atomic mass is 10.0. The van der Waals surface area contributed by atoms with Crippen LogP contribution in [-0.4, -0.2) is 37.2 Å². The summed E-state index contributed by atoms with van der Waals surface area (Å²) in [5.41, 5.74) is 0. The zero-order valence-corrected chi connectivity index (χ0v) is 43.8. The van der Waals surface area contributed by atoms with Crippen LogP contribution in [0.1, 0.15) is 316 Å². The van der Waals surface area contributed by atoms with E-state index in [1.54, 1.807) is 0 Å². The fraction of sp³-hybridized carbons (Fsp3) is 0.881. The number of hydrogen-bond acceptors (Lipinski definition) is 6. The van der Waals surface area contributed by atoms with E-state index < -0.39 is 6.10 Å². The molecular formula is C59H110O6. The van der Waals surface area contributed by atoms with Gasteiger partial charge in [-0.3, -0.25) is 14.4 Å². The van der Waals surface area contributed by atoms with E-state index in [9.17, 15) is 14.4 Å². The molecule has 0 amide bonds. The van der Waals surface area contributed by atoms with E-state index in [1.165, 1.54) is 212 Å². The molecule has 1 unspecified atom stereocenters. The minimum atomic E-state index is -0.765. The molecule has 0 saturated heterocycles. The summed E-state index contributed by atoms with van der Waals surface area (Å²) in [6.45, 7) is 6.64. The zero-order chi connectivity index (χ0) is 47.2. The van der Waals surface area contributed by atoms with E-state index in [0.29, 0.717) is 19.3 Å². The predicted octanol–water partition coefficient (Wildman–Crippen LogP) is 19.1. The van der Waals surface area contributed by atoms with Crippen molar-refractivity contribution in [1.29, 1.82) is 0 Å². The van der Waals surface area contributed by atoms with Crippen molar-refractivity contribution in [3.63, 3.8) is 0 Å². The third-order valence-corrected chi connectivity index (χ3v) is 13.0. The van der Waals surface area contributed by atoms with Gasteiger partial charge < -0.3 is 14.2 Å². The van der Waals surface area contributed by atoms with Crippen LogP contribution in [0.3, 0.4) is 0 Å². The summed E-state index contributed by atoms with van der Waals surface area (Å²) < 4.78 is 16.8. The molecule has 0 aromatic heterocycles. The van der Waals surface area contributed by atoms with Crippen LogP contribution in [-0.2, 0) is 28.6 Å². The Morgan fingerprint density at radius 3 is 0.846 bits per heavy atom. The Labute approximate surface area is 404 Å². The number of unbranched alkanes of at least 4 members (excludes halogenated alkanes) is 38. The van der Waals surface area contributed by atoms with Gasteiger partial charge in [0.15, 0.2) is 6.10 Å². The van der Waals surface area contributed by atoms with Crippen molar-refractivity contribution in [3.05, 3.63) is 24.3 Å². The molecule has 0 spiro atoms. The van der Waals surface area contributed by atoms with Gasteiger partial charge >= 0.3 is 17.9 Å². The first-order chi connectivity index (χ1) is 32.0. The second-order valence-electron chi connectivity index (χ2n) is 19.6. The second-order valence-corrected chi connectivity index (χ2v) is 19.6. The van der Waals surface area contributed by atoms with E-state index >= 15 is 0 Å². The van der Waals surface area contributed by atoms with Crippen LogP contribution in [0.4, 0.5) is 0 Å². The van der Waals surface area contributed by atoms with Gasteiger partial charge in [0.25, 0.3) is 0 Å². The summed E-state index contributed by atoms with van der Waals surface area (Å²) in [6, 6.07) is 0. The van der Waals surface area contributed by atoms with Crippen molar-refractivity contribution in [2.24, 2.45) is 0 Å². The molecule has 0 saturated carbocycles. The van der Waals surface area contributed by atoms with Crippen molar-refractivity contribution in [3.8, 4) is 0 Å². The zero-order valence-electron chi connectivity index (χ0n) is 43.8. The van der Waals surface area contributed by atoms with Crippen molar-refractivity contribution in [2.75, 3.05) is 13.2 Å². The van der Waals surface area contributed by atoms with Gasteiger partial charge in [-0.15, -0.1) is 0 Å². The van der Waals surface area contributed by atoms with E-state index in [2.05, 4.69) is 45.1 Å². The Bertz CT molecular complexity index is 1050. The molecular weight excluding hydrogens is 805 g/mol. The van der Waals surface area contributed by atoms with Crippen LogP contribution in [0.5, 0.6) is 0 Å². The van der Waals surface area contributed by atoms with Gasteiger partial charge in [0, 0.05) is 19.3 Å². The van der Waals surface area contributed by atoms with Crippen LogP contribution in [0.25, 0.3) is 0 Å². The molecule has 0 aromatic carbocycles. The third kappa shape index (κ3) is 52.7. The lowest BCUT2D eigenvalue weighted by molar-refractivity contribution is -0.167. The van der Waals surface area contributed by atoms with Crippen LogP contribution in [0, 0.1) is 0 Å². The fourth-order valence-electron chi connectivity index (χ4n) is 8.59. The molecule has 0 aromatic rings. The molecule has 65 heavy (non-hydrogen) atoms. The van der Waals surface area contributed by atoms with E-state index in [1.807, 2.05) is 0 Å². The largest absolute Gasteiger partial charge is 0.462 e. The maximum Gasteiger partial charge on any atom is 0.306 e. The van der Waals surface area contributed by atoms with Gasteiger partial charge in [0.1, 0.15) is 13.2 Å². The lowest BCUT2D eigenvalue weighted by Gasteiger charge is -2.18. The van der Waals surface area contributed by atoms with Crippen LogP contribution < -0.4 is 0 Å². The maximum atomic E-state index is 12.8. The smallest absolute Gasteiger partial charge is 0.306 e. The molecule has 0 heterocycles. The highest BCUT2D eigenvalue weighted by Gasteiger charge is 2.19. The molecule has 382 valence electrons. The van der Waals surface area contributed by atoms with Crippen LogP contribution >= 0.6 is 0 Å². The number of carbonyl (C=O) groups is 3. The summed E-state index contributed by atoms with van der Waals surface area (Å²) in [5, 5.41) is 0. The van der Waals surface area contributed by atoms with Gasteiger partial charge in [-0.05, 0) is 51.4 Å². The number of ether oxygens (including phenoxy) is 3.